The third-order valence-corrected chi connectivity index (χ3v) is 5.43. The number of nitrogens with one attached hydrogen (secondary N) is 2. The summed E-state index contributed by atoms with van der Waals surface area (Å²) in [6.07, 6.45) is 2.55. The van der Waals surface area contributed by atoms with Crippen molar-refractivity contribution < 1.29 is 14.3 Å². The van der Waals surface area contributed by atoms with Gasteiger partial charge in [0.2, 0.25) is 5.91 Å². The lowest BCUT2D eigenvalue weighted by molar-refractivity contribution is -0.130. The fourth-order valence-electron chi connectivity index (χ4n) is 2.28. The number of benzene rings is 1. The van der Waals surface area contributed by atoms with Crippen molar-refractivity contribution >= 4 is 34.9 Å². The molecule has 0 aliphatic carbocycles. The van der Waals surface area contributed by atoms with Gasteiger partial charge in [-0.05, 0) is 54.5 Å². The van der Waals surface area contributed by atoms with E-state index in [4.69, 9.17) is 4.74 Å². The molecule has 140 valence electrons. The third kappa shape index (κ3) is 6.72. The molecule has 1 heterocycles. The highest BCUT2D eigenvalue weighted by Gasteiger charge is 2.20. The molecule has 7 heteroatoms. The lowest BCUT2D eigenvalue weighted by Gasteiger charge is -2.18. The summed E-state index contributed by atoms with van der Waals surface area (Å²) in [4.78, 5) is 25.8. The van der Waals surface area contributed by atoms with Crippen molar-refractivity contribution in [2.75, 3.05) is 18.6 Å². The van der Waals surface area contributed by atoms with Crippen molar-refractivity contribution in [1.29, 1.82) is 0 Å². The van der Waals surface area contributed by atoms with Crippen LogP contribution in [0.25, 0.3) is 0 Å². The van der Waals surface area contributed by atoms with Crippen molar-refractivity contribution in [2.24, 2.45) is 0 Å². The van der Waals surface area contributed by atoms with E-state index in [0.29, 0.717) is 18.7 Å². The summed E-state index contributed by atoms with van der Waals surface area (Å²) in [5.41, 5.74) is 1.16. The van der Waals surface area contributed by atoms with Crippen molar-refractivity contribution in [1.82, 2.24) is 10.6 Å². The Morgan fingerprint density at radius 3 is 2.65 bits per heavy atom. The van der Waals surface area contributed by atoms with Crippen molar-refractivity contribution in [2.45, 2.75) is 25.9 Å². The summed E-state index contributed by atoms with van der Waals surface area (Å²) in [6, 6.07) is 10.6. The van der Waals surface area contributed by atoms with E-state index in [2.05, 4.69) is 10.6 Å². The first-order valence-electron chi connectivity index (χ1n) is 8.37. The number of para-hydroxylation sites is 1. The number of ether oxygens (including phenoxy) is 1. The minimum Gasteiger partial charge on any atom is -0.484 e. The quantitative estimate of drug-likeness (QED) is 0.652. The molecular weight excluding hydrogens is 368 g/mol. The molecule has 0 saturated heterocycles. The van der Waals surface area contributed by atoms with Crippen molar-refractivity contribution in [3.8, 4) is 5.75 Å². The predicted octanol–water partition coefficient (Wildman–Crippen LogP) is 2.99. The van der Waals surface area contributed by atoms with Gasteiger partial charge in [-0.3, -0.25) is 9.59 Å². The Labute approximate surface area is 162 Å². The zero-order chi connectivity index (χ0) is 18.8. The van der Waals surface area contributed by atoms with Gasteiger partial charge in [-0.1, -0.05) is 18.2 Å². The number of thioether (sulfide) groups is 1. The van der Waals surface area contributed by atoms with Crippen molar-refractivity contribution in [3.63, 3.8) is 0 Å². The smallest absolute Gasteiger partial charge is 0.258 e. The summed E-state index contributed by atoms with van der Waals surface area (Å²) < 4.78 is 5.44. The Morgan fingerprint density at radius 1 is 1.23 bits per heavy atom. The standard InChI is InChI=1S/C19H24N2O3S2/c1-14-8-11-26-17(14)12-20-19(23)16(9-10-25-2)21-18(22)13-24-15-6-4-3-5-7-15/h3-8,11,16H,9-10,12-13H2,1-2H3,(H,20,23)(H,21,22). The number of hydrogen-bond acceptors (Lipinski definition) is 5. The Balaban J connectivity index is 1.85. The van der Waals surface area contributed by atoms with E-state index in [0.717, 1.165) is 16.2 Å². The number of hydrogen-bond donors (Lipinski definition) is 2. The van der Waals surface area contributed by atoms with Crippen LogP contribution < -0.4 is 15.4 Å². The number of thiophene rings is 1. The van der Waals surface area contributed by atoms with E-state index in [9.17, 15) is 9.59 Å². The van der Waals surface area contributed by atoms with Crippen molar-refractivity contribution in [3.05, 3.63) is 52.2 Å². The van der Waals surface area contributed by atoms with Gasteiger partial charge < -0.3 is 15.4 Å². The zero-order valence-electron chi connectivity index (χ0n) is 15.0. The molecule has 0 spiro atoms. The average molecular weight is 393 g/mol. The molecule has 2 aromatic rings. The summed E-state index contributed by atoms with van der Waals surface area (Å²) in [5.74, 6) is 0.943. The molecule has 2 rings (SSSR count). The number of carbonyl (C=O) groups excluding carboxylic acids is 2. The van der Waals surface area contributed by atoms with Gasteiger partial charge in [0.1, 0.15) is 11.8 Å². The van der Waals surface area contributed by atoms with E-state index in [1.54, 1.807) is 35.2 Å². The van der Waals surface area contributed by atoms with Crippen LogP contribution in [0.2, 0.25) is 0 Å². The highest BCUT2D eigenvalue weighted by Crippen LogP contribution is 2.15. The summed E-state index contributed by atoms with van der Waals surface area (Å²) >= 11 is 3.26. The lowest BCUT2D eigenvalue weighted by atomic mass is 10.2. The number of carbonyl (C=O) groups is 2. The van der Waals surface area contributed by atoms with Crippen LogP contribution in [-0.4, -0.2) is 36.5 Å². The van der Waals surface area contributed by atoms with Gasteiger partial charge in [-0.2, -0.15) is 11.8 Å². The number of aryl methyl sites for hydroxylation is 1. The minimum absolute atomic E-state index is 0.114. The fraction of sp³-hybridized carbons (Fsp3) is 0.368. The predicted molar refractivity (Wildman–Crippen MR) is 108 cm³/mol. The van der Waals surface area contributed by atoms with E-state index < -0.39 is 6.04 Å². The molecule has 1 aromatic carbocycles. The van der Waals surface area contributed by atoms with E-state index in [1.165, 1.54) is 0 Å². The van der Waals surface area contributed by atoms with E-state index in [1.807, 2.05) is 42.8 Å². The van der Waals surface area contributed by atoms with Crippen LogP contribution in [0.3, 0.4) is 0 Å². The minimum atomic E-state index is -0.561. The van der Waals surface area contributed by atoms with E-state index in [-0.39, 0.29) is 18.4 Å². The maximum Gasteiger partial charge on any atom is 0.258 e. The molecule has 0 aliphatic heterocycles. The maximum absolute atomic E-state index is 12.5. The van der Waals surface area contributed by atoms with Crippen LogP contribution in [0.1, 0.15) is 16.9 Å². The lowest BCUT2D eigenvalue weighted by Crippen LogP contribution is -2.48. The largest absolute Gasteiger partial charge is 0.484 e. The summed E-state index contributed by atoms with van der Waals surface area (Å²) in [7, 11) is 0. The molecule has 0 aliphatic rings. The first-order valence-corrected chi connectivity index (χ1v) is 10.6. The first-order chi connectivity index (χ1) is 12.6. The molecule has 0 radical (unpaired) electrons. The van der Waals surface area contributed by atoms with E-state index >= 15 is 0 Å². The molecule has 1 unspecified atom stereocenters. The second-order valence-corrected chi connectivity index (χ2v) is 7.73. The molecule has 2 N–H and O–H groups in total. The normalized spacial score (nSPS) is 11.6. The summed E-state index contributed by atoms with van der Waals surface area (Å²) in [6.45, 7) is 2.39. The molecule has 1 atom stereocenters. The zero-order valence-corrected chi connectivity index (χ0v) is 16.6. The summed E-state index contributed by atoms with van der Waals surface area (Å²) in [5, 5.41) is 7.71. The van der Waals surface area contributed by atoms with Crippen LogP contribution in [0.4, 0.5) is 0 Å². The van der Waals surface area contributed by atoms with Crippen LogP contribution in [0, 0.1) is 6.92 Å². The number of amides is 2. The topological polar surface area (TPSA) is 67.4 Å². The second kappa shape index (κ2) is 10.9. The SMILES string of the molecule is CSCCC(NC(=O)COc1ccccc1)C(=O)NCc1sccc1C. The average Bonchev–Trinajstić information content (AvgIpc) is 3.07. The maximum atomic E-state index is 12.5. The Bertz CT molecular complexity index is 704. The molecule has 5 nitrogen and oxygen atoms in total. The Morgan fingerprint density at radius 2 is 2.00 bits per heavy atom. The van der Waals surface area contributed by atoms with Gasteiger partial charge in [0.15, 0.2) is 6.61 Å². The van der Waals surface area contributed by atoms with Gasteiger partial charge in [0.25, 0.3) is 5.91 Å². The Kier molecular flexibility index (Phi) is 8.50. The third-order valence-electron chi connectivity index (χ3n) is 3.77. The van der Waals surface area contributed by atoms with Crippen LogP contribution in [0.5, 0.6) is 5.75 Å². The van der Waals surface area contributed by atoms with Gasteiger partial charge in [0, 0.05) is 4.88 Å². The molecule has 0 saturated carbocycles. The van der Waals surface area contributed by atoms with Crippen LogP contribution in [-0.2, 0) is 16.1 Å². The monoisotopic (exact) mass is 392 g/mol. The molecule has 26 heavy (non-hydrogen) atoms. The van der Waals surface area contributed by atoms with Crippen LogP contribution >= 0.6 is 23.1 Å². The van der Waals surface area contributed by atoms with Gasteiger partial charge in [-0.25, -0.2) is 0 Å². The number of rotatable bonds is 10. The molecule has 1 aromatic heterocycles. The van der Waals surface area contributed by atoms with Crippen LogP contribution in [0.15, 0.2) is 41.8 Å². The first kappa shape index (κ1) is 20.3. The molecule has 2 amide bonds. The second-order valence-electron chi connectivity index (χ2n) is 5.75. The molecule has 0 fully saturated rings. The van der Waals surface area contributed by atoms with Gasteiger partial charge in [-0.15, -0.1) is 11.3 Å². The Hall–Kier alpha value is -1.99. The fourth-order valence-corrected chi connectivity index (χ4v) is 3.60. The highest BCUT2D eigenvalue weighted by molar-refractivity contribution is 7.98. The highest BCUT2D eigenvalue weighted by atomic mass is 32.2. The molecule has 0 bridgehead atoms. The molecular formula is C19H24N2O3S2. The van der Waals surface area contributed by atoms with Gasteiger partial charge in [0.05, 0.1) is 6.54 Å². The van der Waals surface area contributed by atoms with Gasteiger partial charge >= 0.3 is 0 Å².